The Hall–Kier alpha value is -1.32. The van der Waals surface area contributed by atoms with Gasteiger partial charge in [-0.2, -0.15) is 0 Å². The van der Waals surface area contributed by atoms with Gasteiger partial charge < -0.3 is 10.1 Å². The lowest BCUT2D eigenvalue weighted by atomic mass is 9.89. The number of hydrogen-bond donors (Lipinski definition) is 1. The van der Waals surface area contributed by atoms with Crippen LogP contribution < -0.4 is 10.1 Å². The van der Waals surface area contributed by atoms with Crippen molar-refractivity contribution in [2.24, 2.45) is 0 Å². The zero-order valence-electron chi connectivity index (χ0n) is 13.3. The van der Waals surface area contributed by atoms with Gasteiger partial charge in [-0.1, -0.05) is 39.7 Å². The number of hydrogen-bond acceptors (Lipinski definition) is 2. The molecule has 2 nitrogen and oxygen atoms in total. The molecule has 0 saturated carbocycles. The summed E-state index contributed by atoms with van der Waals surface area (Å²) < 4.78 is 6.59. The summed E-state index contributed by atoms with van der Waals surface area (Å²) >= 11 is 3.50. The van der Waals surface area contributed by atoms with E-state index in [-0.39, 0.29) is 6.04 Å². The molecule has 0 aliphatic rings. The third kappa shape index (κ3) is 3.30. The number of methoxy groups -OCH3 is 1. The lowest BCUT2D eigenvalue weighted by Gasteiger charge is -2.24. The monoisotopic (exact) mass is 347 g/mol. The molecular weight excluding hydrogens is 326 g/mol. The fraction of sp³-hybridized carbons (Fsp3) is 0.333. The van der Waals surface area contributed by atoms with Gasteiger partial charge in [0.2, 0.25) is 0 Å². The van der Waals surface area contributed by atoms with Crippen molar-refractivity contribution < 1.29 is 4.74 Å². The number of halogens is 1. The van der Waals surface area contributed by atoms with Crippen LogP contribution in [0.2, 0.25) is 0 Å². The van der Waals surface area contributed by atoms with Gasteiger partial charge in [0, 0.05) is 10.0 Å². The van der Waals surface area contributed by atoms with Crippen LogP contribution in [0.5, 0.6) is 5.75 Å². The van der Waals surface area contributed by atoms with Gasteiger partial charge in [-0.05, 0) is 56.6 Å². The second-order valence-corrected chi connectivity index (χ2v) is 6.34. The first kappa shape index (κ1) is 16.1. The summed E-state index contributed by atoms with van der Waals surface area (Å²) in [5, 5.41) is 3.43. The summed E-state index contributed by atoms with van der Waals surface area (Å²) in [6.07, 6.45) is 0. The molecule has 0 aliphatic carbocycles. The second-order valence-electron chi connectivity index (χ2n) is 5.42. The predicted octanol–water partition coefficient (Wildman–Crippen LogP) is 4.69. The molecule has 2 aromatic carbocycles. The highest BCUT2D eigenvalue weighted by atomic mass is 79.9. The quantitative estimate of drug-likeness (QED) is 0.865. The Morgan fingerprint density at radius 3 is 2.19 bits per heavy atom. The van der Waals surface area contributed by atoms with Crippen molar-refractivity contribution in [1.82, 2.24) is 5.32 Å². The van der Waals surface area contributed by atoms with Gasteiger partial charge in [0.25, 0.3) is 0 Å². The predicted molar refractivity (Wildman–Crippen MR) is 92.2 cm³/mol. The van der Waals surface area contributed by atoms with Crippen molar-refractivity contribution in [2.75, 3.05) is 14.2 Å². The van der Waals surface area contributed by atoms with Crippen LogP contribution >= 0.6 is 15.9 Å². The molecule has 0 amide bonds. The van der Waals surface area contributed by atoms with E-state index in [0.29, 0.717) is 0 Å². The molecular formula is C18H22BrNO. The molecule has 0 bridgehead atoms. The Morgan fingerprint density at radius 2 is 1.67 bits per heavy atom. The highest BCUT2D eigenvalue weighted by Crippen LogP contribution is 2.35. The van der Waals surface area contributed by atoms with Crippen LogP contribution in [-0.2, 0) is 0 Å². The fourth-order valence-corrected chi connectivity index (χ4v) is 3.37. The Bertz CT molecular complexity index is 629. The Kier molecular flexibility index (Phi) is 5.07. The summed E-state index contributed by atoms with van der Waals surface area (Å²) in [4.78, 5) is 0. The molecule has 21 heavy (non-hydrogen) atoms. The van der Waals surface area contributed by atoms with E-state index in [4.69, 9.17) is 4.74 Å². The number of nitrogens with one attached hydrogen (secondary N) is 1. The molecule has 112 valence electrons. The van der Waals surface area contributed by atoms with Crippen molar-refractivity contribution >= 4 is 15.9 Å². The van der Waals surface area contributed by atoms with Gasteiger partial charge in [-0.25, -0.2) is 0 Å². The zero-order chi connectivity index (χ0) is 15.6. The third-order valence-electron chi connectivity index (χ3n) is 3.82. The molecule has 0 saturated heterocycles. The number of aryl methyl sites for hydroxylation is 3. The molecule has 2 aromatic rings. The smallest absolute Gasteiger partial charge is 0.125 e. The fourth-order valence-electron chi connectivity index (χ4n) is 3.03. The van der Waals surface area contributed by atoms with E-state index in [1.54, 1.807) is 7.11 Å². The first-order chi connectivity index (χ1) is 9.97. The SMILES string of the molecule is CNC(c1ccc(Br)cc1OC)c1c(C)cc(C)cc1C. The molecule has 1 atom stereocenters. The lowest BCUT2D eigenvalue weighted by Crippen LogP contribution is -2.20. The Morgan fingerprint density at radius 1 is 1.05 bits per heavy atom. The van der Waals surface area contributed by atoms with Gasteiger partial charge in [0.1, 0.15) is 5.75 Å². The average molecular weight is 348 g/mol. The zero-order valence-corrected chi connectivity index (χ0v) is 14.8. The Labute approximate surface area is 135 Å². The van der Waals surface area contributed by atoms with E-state index in [0.717, 1.165) is 15.8 Å². The highest BCUT2D eigenvalue weighted by Gasteiger charge is 2.20. The molecule has 0 aliphatic heterocycles. The van der Waals surface area contributed by atoms with Crippen LogP contribution in [0.3, 0.4) is 0 Å². The van der Waals surface area contributed by atoms with E-state index in [9.17, 15) is 0 Å². The van der Waals surface area contributed by atoms with E-state index < -0.39 is 0 Å². The van der Waals surface area contributed by atoms with Gasteiger partial charge in [0.05, 0.1) is 13.2 Å². The molecule has 1 N–H and O–H groups in total. The van der Waals surface area contributed by atoms with Crippen molar-refractivity contribution in [3.8, 4) is 5.75 Å². The first-order valence-corrected chi connectivity index (χ1v) is 7.85. The molecule has 0 heterocycles. The highest BCUT2D eigenvalue weighted by molar-refractivity contribution is 9.10. The topological polar surface area (TPSA) is 21.3 Å². The second kappa shape index (κ2) is 6.63. The van der Waals surface area contributed by atoms with Crippen LogP contribution in [0.1, 0.15) is 33.9 Å². The van der Waals surface area contributed by atoms with Crippen LogP contribution in [0, 0.1) is 20.8 Å². The van der Waals surface area contributed by atoms with Gasteiger partial charge >= 0.3 is 0 Å². The average Bonchev–Trinajstić information content (AvgIpc) is 2.43. The maximum atomic E-state index is 5.56. The molecule has 1 unspecified atom stereocenters. The standard InChI is InChI=1S/C18H22BrNO/c1-11-8-12(2)17(13(3)9-11)18(20-4)15-7-6-14(19)10-16(15)21-5/h6-10,18,20H,1-5H3. The summed E-state index contributed by atoms with van der Waals surface area (Å²) in [6.45, 7) is 6.48. The maximum Gasteiger partial charge on any atom is 0.125 e. The van der Waals surface area contributed by atoms with Crippen molar-refractivity contribution in [2.45, 2.75) is 26.8 Å². The van der Waals surface area contributed by atoms with E-state index in [2.05, 4.69) is 66.3 Å². The number of rotatable bonds is 4. The van der Waals surface area contributed by atoms with E-state index in [1.165, 1.54) is 22.3 Å². The molecule has 0 radical (unpaired) electrons. The Balaban J connectivity index is 2.60. The minimum atomic E-state index is 0.119. The van der Waals surface area contributed by atoms with Gasteiger partial charge in [-0.3, -0.25) is 0 Å². The molecule has 0 spiro atoms. The van der Waals surface area contributed by atoms with Gasteiger partial charge in [-0.15, -0.1) is 0 Å². The first-order valence-electron chi connectivity index (χ1n) is 7.06. The van der Waals surface area contributed by atoms with Crippen molar-refractivity contribution in [1.29, 1.82) is 0 Å². The maximum absolute atomic E-state index is 5.56. The number of ether oxygens (including phenoxy) is 1. The van der Waals surface area contributed by atoms with Crippen LogP contribution in [0.15, 0.2) is 34.8 Å². The van der Waals surface area contributed by atoms with Gasteiger partial charge in [0.15, 0.2) is 0 Å². The largest absolute Gasteiger partial charge is 0.496 e. The van der Waals surface area contributed by atoms with Crippen molar-refractivity contribution in [3.63, 3.8) is 0 Å². The van der Waals surface area contributed by atoms with Crippen LogP contribution in [0.25, 0.3) is 0 Å². The molecule has 2 rings (SSSR count). The minimum absolute atomic E-state index is 0.119. The molecule has 0 aromatic heterocycles. The minimum Gasteiger partial charge on any atom is -0.496 e. The van der Waals surface area contributed by atoms with Crippen LogP contribution in [0.4, 0.5) is 0 Å². The normalized spacial score (nSPS) is 12.3. The molecule has 0 fully saturated rings. The van der Waals surface area contributed by atoms with Crippen molar-refractivity contribution in [3.05, 3.63) is 62.6 Å². The van der Waals surface area contributed by atoms with E-state index in [1.807, 2.05) is 13.1 Å². The lowest BCUT2D eigenvalue weighted by molar-refractivity contribution is 0.405. The third-order valence-corrected chi connectivity index (χ3v) is 4.32. The summed E-state index contributed by atoms with van der Waals surface area (Å²) in [6, 6.07) is 10.8. The van der Waals surface area contributed by atoms with E-state index >= 15 is 0 Å². The molecule has 3 heteroatoms. The number of benzene rings is 2. The van der Waals surface area contributed by atoms with Crippen LogP contribution in [-0.4, -0.2) is 14.2 Å². The summed E-state index contributed by atoms with van der Waals surface area (Å²) in [7, 11) is 3.71. The summed E-state index contributed by atoms with van der Waals surface area (Å²) in [5.41, 5.74) is 6.38. The summed E-state index contributed by atoms with van der Waals surface area (Å²) in [5.74, 6) is 0.892.